The van der Waals surface area contributed by atoms with Crippen molar-refractivity contribution in [2.75, 3.05) is 5.43 Å². The van der Waals surface area contributed by atoms with Crippen LogP contribution in [0.3, 0.4) is 0 Å². The molecule has 0 aliphatic carbocycles. The second kappa shape index (κ2) is 5.82. The van der Waals surface area contributed by atoms with Crippen molar-refractivity contribution >= 4 is 5.82 Å². The summed E-state index contributed by atoms with van der Waals surface area (Å²) in [6.45, 7) is 10.2. The van der Waals surface area contributed by atoms with Crippen molar-refractivity contribution in [3.8, 4) is 5.88 Å². The molecule has 1 heterocycles. The molecule has 0 fully saturated rings. The zero-order chi connectivity index (χ0) is 13.0. The molecule has 1 rings (SSSR count). The molecule has 0 aliphatic rings. The van der Waals surface area contributed by atoms with Crippen molar-refractivity contribution in [1.82, 2.24) is 9.97 Å². The monoisotopic (exact) mass is 238 g/mol. The highest BCUT2D eigenvalue weighted by Crippen LogP contribution is 2.23. The maximum Gasteiger partial charge on any atom is 0.222 e. The van der Waals surface area contributed by atoms with Crippen LogP contribution in [0.4, 0.5) is 5.82 Å². The van der Waals surface area contributed by atoms with E-state index in [2.05, 4.69) is 29.2 Å². The van der Waals surface area contributed by atoms with Crippen molar-refractivity contribution in [3.63, 3.8) is 0 Å². The van der Waals surface area contributed by atoms with Crippen LogP contribution < -0.4 is 16.0 Å². The molecule has 0 radical (unpaired) electrons. The molecule has 0 saturated carbocycles. The van der Waals surface area contributed by atoms with Gasteiger partial charge in [-0.15, -0.1) is 0 Å². The molecule has 1 atom stereocenters. The summed E-state index contributed by atoms with van der Waals surface area (Å²) in [5.41, 5.74) is 3.43. The summed E-state index contributed by atoms with van der Waals surface area (Å²) in [4.78, 5) is 8.69. The van der Waals surface area contributed by atoms with E-state index >= 15 is 0 Å². The smallest absolute Gasteiger partial charge is 0.222 e. The lowest BCUT2D eigenvalue weighted by atomic mass is 10.1. The molecule has 0 bridgehead atoms. The van der Waals surface area contributed by atoms with Gasteiger partial charge in [-0.05, 0) is 19.8 Å². The summed E-state index contributed by atoms with van der Waals surface area (Å²) in [5.74, 6) is 7.85. The number of nitrogen functional groups attached to an aromatic ring is 1. The van der Waals surface area contributed by atoms with Crippen molar-refractivity contribution in [1.29, 1.82) is 0 Å². The van der Waals surface area contributed by atoms with Crippen LogP contribution in [-0.2, 0) is 6.42 Å². The van der Waals surface area contributed by atoms with E-state index in [9.17, 15) is 0 Å². The zero-order valence-corrected chi connectivity index (χ0v) is 11.2. The van der Waals surface area contributed by atoms with Crippen LogP contribution in [0.15, 0.2) is 0 Å². The van der Waals surface area contributed by atoms with Gasteiger partial charge in [-0.2, -0.15) is 4.98 Å². The maximum absolute atomic E-state index is 5.84. The minimum Gasteiger partial charge on any atom is -0.474 e. The van der Waals surface area contributed by atoms with Crippen LogP contribution in [-0.4, -0.2) is 16.1 Å². The van der Waals surface area contributed by atoms with Gasteiger partial charge in [0.25, 0.3) is 0 Å². The molecule has 0 spiro atoms. The third-order valence-corrected chi connectivity index (χ3v) is 2.84. The number of aryl methyl sites for hydroxylation is 1. The van der Waals surface area contributed by atoms with Gasteiger partial charge >= 0.3 is 0 Å². The van der Waals surface area contributed by atoms with E-state index in [1.54, 1.807) is 0 Å². The maximum atomic E-state index is 5.84. The molecule has 5 nitrogen and oxygen atoms in total. The average molecular weight is 238 g/mol. The number of nitrogens with one attached hydrogen (secondary N) is 1. The normalized spacial score (nSPS) is 12.6. The van der Waals surface area contributed by atoms with E-state index in [4.69, 9.17) is 10.6 Å². The Kier molecular flexibility index (Phi) is 4.69. The fourth-order valence-corrected chi connectivity index (χ4v) is 1.27. The fraction of sp³-hybridized carbons (Fsp3) is 0.667. The van der Waals surface area contributed by atoms with E-state index in [0.29, 0.717) is 17.6 Å². The molecule has 0 amide bonds. The first kappa shape index (κ1) is 13.7. The number of hydrogen-bond acceptors (Lipinski definition) is 5. The second-order valence-corrected chi connectivity index (χ2v) is 4.48. The van der Waals surface area contributed by atoms with Crippen LogP contribution >= 0.6 is 0 Å². The van der Waals surface area contributed by atoms with Crippen molar-refractivity contribution < 1.29 is 4.74 Å². The molecule has 96 valence electrons. The number of ether oxygens (including phenoxy) is 1. The summed E-state index contributed by atoms with van der Waals surface area (Å²) in [5, 5.41) is 0. The van der Waals surface area contributed by atoms with Crippen LogP contribution in [0.5, 0.6) is 5.88 Å². The summed E-state index contributed by atoms with van der Waals surface area (Å²) >= 11 is 0. The van der Waals surface area contributed by atoms with E-state index in [1.165, 1.54) is 0 Å². The Labute approximate surface area is 103 Å². The largest absolute Gasteiger partial charge is 0.474 e. The lowest BCUT2D eigenvalue weighted by Crippen LogP contribution is -2.21. The Bertz CT molecular complexity index is 379. The second-order valence-electron chi connectivity index (χ2n) is 4.48. The highest BCUT2D eigenvalue weighted by Gasteiger charge is 2.15. The first-order chi connectivity index (χ1) is 7.99. The van der Waals surface area contributed by atoms with Crippen LogP contribution in [0.1, 0.15) is 39.1 Å². The standard InChI is InChI=1S/C12H22N4O/c1-6-10-14-11(16-13)8(4)12(15-10)17-9(5)7(2)3/h7,9H,6,13H2,1-5H3,(H,14,15,16). The van der Waals surface area contributed by atoms with E-state index in [1.807, 2.05) is 20.8 Å². The SMILES string of the molecule is CCc1nc(NN)c(C)c(OC(C)C(C)C)n1. The highest BCUT2D eigenvalue weighted by atomic mass is 16.5. The van der Waals surface area contributed by atoms with Crippen molar-refractivity contribution in [2.45, 2.75) is 47.1 Å². The molecule has 1 aromatic rings. The van der Waals surface area contributed by atoms with Gasteiger partial charge in [0.1, 0.15) is 11.6 Å². The topological polar surface area (TPSA) is 73.1 Å². The fourth-order valence-electron chi connectivity index (χ4n) is 1.27. The van der Waals surface area contributed by atoms with Gasteiger partial charge in [0.2, 0.25) is 5.88 Å². The molecule has 17 heavy (non-hydrogen) atoms. The third kappa shape index (κ3) is 3.30. The van der Waals surface area contributed by atoms with Gasteiger partial charge in [0.15, 0.2) is 0 Å². The number of hydrazine groups is 1. The molecule has 0 aliphatic heterocycles. The Morgan fingerprint density at radius 2 is 1.94 bits per heavy atom. The molecule has 0 saturated heterocycles. The zero-order valence-electron chi connectivity index (χ0n) is 11.2. The van der Waals surface area contributed by atoms with Crippen LogP contribution in [0.25, 0.3) is 0 Å². The van der Waals surface area contributed by atoms with Gasteiger partial charge in [-0.3, -0.25) is 0 Å². The van der Waals surface area contributed by atoms with Gasteiger partial charge in [-0.25, -0.2) is 10.8 Å². The van der Waals surface area contributed by atoms with E-state index in [-0.39, 0.29) is 6.10 Å². The quantitative estimate of drug-likeness (QED) is 0.606. The Morgan fingerprint density at radius 1 is 1.29 bits per heavy atom. The number of aromatic nitrogens is 2. The Morgan fingerprint density at radius 3 is 2.41 bits per heavy atom. The van der Waals surface area contributed by atoms with Crippen molar-refractivity contribution in [3.05, 3.63) is 11.4 Å². The summed E-state index contributed by atoms with van der Waals surface area (Å²) < 4.78 is 5.84. The average Bonchev–Trinajstić information content (AvgIpc) is 2.31. The number of anilines is 1. The molecular weight excluding hydrogens is 216 g/mol. The van der Waals surface area contributed by atoms with Gasteiger partial charge in [0, 0.05) is 6.42 Å². The molecule has 0 aromatic carbocycles. The minimum absolute atomic E-state index is 0.110. The summed E-state index contributed by atoms with van der Waals surface area (Å²) in [7, 11) is 0. The molecule has 1 aromatic heterocycles. The lowest BCUT2D eigenvalue weighted by molar-refractivity contribution is 0.161. The van der Waals surface area contributed by atoms with Gasteiger partial charge in [0.05, 0.1) is 11.7 Å². The van der Waals surface area contributed by atoms with Crippen molar-refractivity contribution in [2.24, 2.45) is 11.8 Å². The first-order valence-corrected chi connectivity index (χ1v) is 6.00. The van der Waals surface area contributed by atoms with E-state index < -0.39 is 0 Å². The Hall–Kier alpha value is -1.36. The summed E-state index contributed by atoms with van der Waals surface area (Å²) in [6.07, 6.45) is 0.861. The minimum atomic E-state index is 0.110. The van der Waals surface area contributed by atoms with Crippen LogP contribution in [0, 0.1) is 12.8 Å². The molecular formula is C12H22N4O. The van der Waals surface area contributed by atoms with Gasteiger partial charge < -0.3 is 10.2 Å². The number of nitrogens with two attached hydrogens (primary N) is 1. The Balaban J connectivity index is 3.05. The number of rotatable bonds is 5. The third-order valence-electron chi connectivity index (χ3n) is 2.84. The molecule has 3 N–H and O–H groups in total. The molecule has 1 unspecified atom stereocenters. The first-order valence-electron chi connectivity index (χ1n) is 6.00. The highest BCUT2D eigenvalue weighted by molar-refractivity contribution is 5.47. The van der Waals surface area contributed by atoms with Crippen LogP contribution in [0.2, 0.25) is 0 Å². The van der Waals surface area contributed by atoms with Gasteiger partial charge in [-0.1, -0.05) is 20.8 Å². The predicted molar refractivity (Wildman–Crippen MR) is 68.9 cm³/mol. The lowest BCUT2D eigenvalue weighted by Gasteiger charge is -2.19. The number of hydrogen-bond donors (Lipinski definition) is 2. The summed E-state index contributed by atoms with van der Waals surface area (Å²) in [6, 6.07) is 0. The van der Waals surface area contributed by atoms with E-state index in [0.717, 1.165) is 17.8 Å². The molecule has 5 heteroatoms. The number of nitrogens with zero attached hydrogens (tertiary/aromatic N) is 2. The predicted octanol–water partition coefficient (Wildman–Crippen LogP) is 2.06.